The van der Waals surface area contributed by atoms with E-state index in [1.54, 1.807) is 6.26 Å². The van der Waals surface area contributed by atoms with Gasteiger partial charge in [0, 0.05) is 13.1 Å². The van der Waals surface area contributed by atoms with Crippen LogP contribution in [0.25, 0.3) is 0 Å². The van der Waals surface area contributed by atoms with Crippen LogP contribution in [0.3, 0.4) is 0 Å². The molecule has 0 saturated carbocycles. The maximum absolute atomic E-state index is 5.30. The van der Waals surface area contributed by atoms with Crippen molar-refractivity contribution in [3.8, 4) is 6.08 Å². The smallest absolute Gasteiger partial charge is 0.393 e. The van der Waals surface area contributed by atoms with Crippen molar-refractivity contribution >= 4 is 0 Å². The maximum Gasteiger partial charge on any atom is 0.393 e. The molecular weight excluding hydrogens is 182 g/mol. The molecule has 1 N–H and O–H groups in total. The van der Waals surface area contributed by atoms with Crippen LogP contribution in [0.4, 0.5) is 0 Å². The summed E-state index contributed by atoms with van der Waals surface area (Å²) in [6, 6.07) is 0. The second kappa shape index (κ2) is 5.62. The highest BCUT2D eigenvalue weighted by Gasteiger charge is 2.03. The molecule has 14 heavy (non-hydrogen) atoms. The lowest BCUT2D eigenvalue weighted by Crippen LogP contribution is -2.19. The number of hydrogen-bond donors (Lipinski definition) is 1. The Hall–Kier alpha value is -1.07. The van der Waals surface area contributed by atoms with Gasteiger partial charge in [-0.15, -0.1) is 0 Å². The molecule has 0 aliphatic carbocycles. The Bertz CT molecular complexity index is 260. The normalized spacial score (nSPS) is 10.9. The first-order valence-corrected chi connectivity index (χ1v) is 4.59. The van der Waals surface area contributed by atoms with Crippen molar-refractivity contribution in [3.63, 3.8) is 0 Å². The van der Waals surface area contributed by atoms with Crippen molar-refractivity contribution in [1.82, 2.24) is 15.2 Å². The molecule has 0 aliphatic rings. The van der Waals surface area contributed by atoms with Crippen molar-refractivity contribution in [2.45, 2.75) is 6.54 Å². The van der Waals surface area contributed by atoms with Gasteiger partial charge in [0.1, 0.15) is 12.9 Å². The summed E-state index contributed by atoms with van der Waals surface area (Å²) in [5.41, 5.74) is 0.854. The topological polar surface area (TPSA) is 50.5 Å². The van der Waals surface area contributed by atoms with Crippen LogP contribution in [0.15, 0.2) is 10.7 Å². The first-order valence-electron chi connectivity index (χ1n) is 4.59. The number of aromatic nitrogens is 1. The van der Waals surface area contributed by atoms with E-state index in [-0.39, 0.29) is 0 Å². The third kappa shape index (κ3) is 3.76. The molecule has 1 rings (SSSR count). The van der Waals surface area contributed by atoms with Gasteiger partial charge in [0.15, 0.2) is 0 Å². The van der Waals surface area contributed by atoms with Crippen LogP contribution >= 0.6 is 0 Å². The second-order valence-corrected chi connectivity index (χ2v) is 3.29. The first-order chi connectivity index (χ1) is 6.72. The van der Waals surface area contributed by atoms with E-state index < -0.39 is 0 Å². The van der Waals surface area contributed by atoms with E-state index in [0.29, 0.717) is 19.2 Å². The Morgan fingerprint density at radius 2 is 2.36 bits per heavy atom. The van der Waals surface area contributed by atoms with E-state index in [9.17, 15) is 0 Å². The summed E-state index contributed by atoms with van der Waals surface area (Å²) in [6.07, 6.45) is 1.94. The van der Waals surface area contributed by atoms with Gasteiger partial charge in [-0.3, -0.25) is 0 Å². The molecule has 1 aromatic rings. The van der Waals surface area contributed by atoms with E-state index in [0.717, 1.165) is 12.2 Å². The van der Waals surface area contributed by atoms with Gasteiger partial charge in [-0.1, -0.05) is 0 Å². The van der Waals surface area contributed by atoms with Gasteiger partial charge in [0.25, 0.3) is 0 Å². The van der Waals surface area contributed by atoms with Crippen LogP contribution in [0, 0.1) is 0 Å². The Morgan fingerprint density at radius 1 is 1.57 bits per heavy atom. The zero-order valence-corrected chi connectivity index (χ0v) is 8.91. The van der Waals surface area contributed by atoms with Gasteiger partial charge in [0.2, 0.25) is 0 Å². The average molecular weight is 199 g/mol. The molecule has 5 heteroatoms. The third-order valence-corrected chi connectivity index (χ3v) is 1.65. The monoisotopic (exact) mass is 199 g/mol. The van der Waals surface area contributed by atoms with Crippen LogP contribution in [0.1, 0.15) is 5.69 Å². The van der Waals surface area contributed by atoms with Gasteiger partial charge < -0.3 is 19.4 Å². The fourth-order valence-electron chi connectivity index (χ4n) is 0.933. The van der Waals surface area contributed by atoms with E-state index in [1.165, 1.54) is 0 Å². The summed E-state index contributed by atoms with van der Waals surface area (Å²) < 4.78 is 10.4. The molecule has 0 aliphatic heterocycles. The summed E-state index contributed by atoms with van der Waals surface area (Å²) in [5.74, 6) is 0. The molecule has 0 atom stereocenters. The largest absolute Gasteiger partial charge is 0.449 e. The van der Waals surface area contributed by atoms with Crippen molar-refractivity contribution in [2.24, 2.45) is 0 Å². The minimum absolute atomic E-state index is 0.345. The maximum atomic E-state index is 5.30. The molecule has 80 valence electrons. The average Bonchev–Trinajstić information content (AvgIpc) is 2.53. The third-order valence-electron chi connectivity index (χ3n) is 1.65. The number of oxazole rings is 1. The molecule has 5 nitrogen and oxygen atoms in total. The standard InChI is InChI=1S/C9H17N3O2/c1-10-6-8-7-14-9(11-8)13-5-4-12(2)3/h7,10H,4-6H2,1-3H3. The number of nitrogens with one attached hydrogen (secondary N) is 1. The summed E-state index contributed by atoms with van der Waals surface area (Å²) >= 11 is 0. The van der Waals surface area contributed by atoms with Gasteiger partial charge in [-0.05, 0) is 21.1 Å². The fraction of sp³-hybridized carbons (Fsp3) is 0.667. The van der Waals surface area contributed by atoms with Crippen LogP contribution in [-0.4, -0.2) is 44.2 Å². The van der Waals surface area contributed by atoms with Crippen molar-refractivity contribution in [3.05, 3.63) is 12.0 Å². The molecule has 0 fully saturated rings. The predicted molar refractivity (Wildman–Crippen MR) is 53.3 cm³/mol. The Labute approximate surface area is 84.1 Å². The van der Waals surface area contributed by atoms with Crippen molar-refractivity contribution < 1.29 is 9.15 Å². The van der Waals surface area contributed by atoms with Gasteiger partial charge in [0.05, 0.1) is 5.69 Å². The minimum atomic E-state index is 0.345. The SMILES string of the molecule is CNCc1coc(OCCN(C)C)n1. The molecule has 0 saturated heterocycles. The zero-order valence-electron chi connectivity index (χ0n) is 8.91. The lowest BCUT2D eigenvalue weighted by atomic mass is 10.5. The van der Waals surface area contributed by atoms with Gasteiger partial charge >= 0.3 is 6.08 Å². The second-order valence-electron chi connectivity index (χ2n) is 3.29. The number of hydrogen-bond acceptors (Lipinski definition) is 5. The molecule has 0 bridgehead atoms. The molecule has 0 amide bonds. The Balaban J connectivity index is 2.28. The number of nitrogens with zero attached hydrogens (tertiary/aromatic N) is 2. The van der Waals surface area contributed by atoms with Crippen molar-refractivity contribution in [1.29, 1.82) is 0 Å². The summed E-state index contributed by atoms with van der Waals surface area (Å²) in [5, 5.41) is 2.99. The molecule has 0 aromatic carbocycles. The van der Waals surface area contributed by atoms with Crippen LogP contribution in [-0.2, 0) is 6.54 Å². The van der Waals surface area contributed by atoms with Crippen molar-refractivity contribution in [2.75, 3.05) is 34.3 Å². The first kappa shape index (κ1) is 11.0. The molecule has 1 aromatic heterocycles. The summed E-state index contributed by atoms with van der Waals surface area (Å²) in [4.78, 5) is 6.17. The molecule has 0 spiro atoms. The van der Waals surface area contributed by atoms with E-state index >= 15 is 0 Å². The summed E-state index contributed by atoms with van der Waals surface area (Å²) in [6.45, 7) is 2.14. The van der Waals surface area contributed by atoms with Crippen LogP contribution < -0.4 is 10.1 Å². The highest BCUT2D eigenvalue weighted by Crippen LogP contribution is 2.09. The Morgan fingerprint density at radius 3 is 3.00 bits per heavy atom. The quantitative estimate of drug-likeness (QED) is 0.715. The molecular formula is C9H17N3O2. The number of ether oxygens (including phenoxy) is 1. The lowest BCUT2D eigenvalue weighted by molar-refractivity contribution is 0.203. The van der Waals surface area contributed by atoms with E-state index in [1.807, 2.05) is 26.0 Å². The van der Waals surface area contributed by atoms with Gasteiger partial charge in [-0.25, -0.2) is 0 Å². The number of likely N-dealkylation sites (N-methyl/N-ethyl adjacent to an activating group) is 1. The van der Waals surface area contributed by atoms with Gasteiger partial charge in [-0.2, -0.15) is 4.98 Å². The van der Waals surface area contributed by atoms with Crippen LogP contribution in [0.5, 0.6) is 6.08 Å². The highest BCUT2D eigenvalue weighted by molar-refractivity contribution is 4.99. The summed E-state index contributed by atoms with van der Waals surface area (Å²) in [7, 11) is 5.85. The fourth-order valence-corrected chi connectivity index (χ4v) is 0.933. The Kier molecular flexibility index (Phi) is 4.42. The zero-order chi connectivity index (χ0) is 10.4. The van der Waals surface area contributed by atoms with E-state index in [2.05, 4.69) is 10.3 Å². The number of rotatable bonds is 6. The van der Waals surface area contributed by atoms with Crippen LogP contribution in [0.2, 0.25) is 0 Å². The van der Waals surface area contributed by atoms with E-state index in [4.69, 9.17) is 9.15 Å². The highest BCUT2D eigenvalue weighted by atomic mass is 16.6. The minimum Gasteiger partial charge on any atom is -0.449 e. The molecule has 0 radical (unpaired) electrons. The predicted octanol–water partition coefficient (Wildman–Crippen LogP) is 0.334. The molecule has 0 unspecified atom stereocenters. The lowest BCUT2D eigenvalue weighted by Gasteiger charge is -2.07. The molecule has 1 heterocycles.